The highest BCUT2D eigenvalue weighted by atomic mass is 32.2. The van der Waals surface area contributed by atoms with Crippen molar-refractivity contribution in [3.05, 3.63) is 28.3 Å². The van der Waals surface area contributed by atoms with Crippen LogP contribution in [-0.4, -0.2) is 43.9 Å². The van der Waals surface area contributed by atoms with Crippen LogP contribution in [0.2, 0.25) is 0 Å². The zero-order valence-corrected chi connectivity index (χ0v) is 14.0. The second-order valence-corrected chi connectivity index (χ2v) is 7.60. The molecule has 2 N–H and O–H groups in total. The van der Waals surface area contributed by atoms with Crippen molar-refractivity contribution < 1.29 is 18.1 Å². The molecular formula is C14H21N3O5S. The second kappa shape index (κ2) is 6.81. The lowest BCUT2D eigenvalue weighted by Crippen LogP contribution is -2.42. The van der Waals surface area contributed by atoms with Gasteiger partial charge in [0.05, 0.1) is 18.1 Å². The second-order valence-electron chi connectivity index (χ2n) is 5.69. The van der Waals surface area contributed by atoms with E-state index in [4.69, 9.17) is 10.5 Å². The van der Waals surface area contributed by atoms with Crippen molar-refractivity contribution in [3.8, 4) is 5.75 Å². The molecule has 1 atom stereocenters. The summed E-state index contributed by atoms with van der Waals surface area (Å²) in [5.74, 6) is 0.513. The molecule has 1 heterocycles. The minimum absolute atomic E-state index is 0.00942. The number of nitro groups is 1. The predicted octanol–water partition coefficient (Wildman–Crippen LogP) is 1.35. The summed E-state index contributed by atoms with van der Waals surface area (Å²) >= 11 is 0. The first-order valence-corrected chi connectivity index (χ1v) is 8.79. The van der Waals surface area contributed by atoms with Crippen LogP contribution in [0.25, 0.3) is 0 Å². The smallest absolute Gasteiger partial charge is 0.293 e. The van der Waals surface area contributed by atoms with Gasteiger partial charge in [0, 0.05) is 19.1 Å². The molecule has 0 spiro atoms. The SMILES string of the molecule is COc1ccc(S(=O)(=O)N2CCC(C(C)N)CC2)c([N+](=O)[O-])c1. The molecule has 1 fully saturated rings. The van der Waals surface area contributed by atoms with E-state index in [1.807, 2.05) is 6.92 Å². The third-order valence-electron chi connectivity index (χ3n) is 4.22. The van der Waals surface area contributed by atoms with Crippen LogP contribution in [0.15, 0.2) is 23.1 Å². The Morgan fingerprint density at radius 3 is 2.48 bits per heavy atom. The monoisotopic (exact) mass is 343 g/mol. The van der Waals surface area contributed by atoms with E-state index in [0.29, 0.717) is 25.9 Å². The van der Waals surface area contributed by atoms with Crippen molar-refractivity contribution in [3.63, 3.8) is 0 Å². The molecule has 9 heteroatoms. The number of sulfonamides is 1. The van der Waals surface area contributed by atoms with Gasteiger partial charge in [0.1, 0.15) is 5.75 Å². The average molecular weight is 343 g/mol. The van der Waals surface area contributed by atoms with Crippen LogP contribution >= 0.6 is 0 Å². The number of hydrogen-bond donors (Lipinski definition) is 1. The van der Waals surface area contributed by atoms with E-state index in [-0.39, 0.29) is 22.6 Å². The van der Waals surface area contributed by atoms with Crippen molar-refractivity contribution in [2.75, 3.05) is 20.2 Å². The third kappa shape index (κ3) is 3.62. The van der Waals surface area contributed by atoms with Crippen LogP contribution in [0.3, 0.4) is 0 Å². The summed E-state index contributed by atoms with van der Waals surface area (Å²) in [7, 11) is -2.55. The standard InChI is InChI=1S/C14H21N3O5S/c1-10(15)11-5-7-16(8-6-11)23(20,21)14-4-3-12(22-2)9-13(14)17(18)19/h3-4,9-11H,5-8,15H2,1-2H3. The number of nitrogens with zero attached hydrogens (tertiary/aromatic N) is 2. The first-order chi connectivity index (χ1) is 10.8. The highest BCUT2D eigenvalue weighted by Crippen LogP contribution is 2.32. The number of nitro benzene ring substituents is 1. The molecule has 1 aromatic rings. The highest BCUT2D eigenvalue weighted by molar-refractivity contribution is 7.89. The maximum absolute atomic E-state index is 12.7. The lowest BCUT2D eigenvalue weighted by Gasteiger charge is -2.32. The molecule has 0 amide bonds. The van der Waals surface area contributed by atoms with Crippen molar-refractivity contribution >= 4 is 15.7 Å². The van der Waals surface area contributed by atoms with Crippen LogP contribution in [-0.2, 0) is 10.0 Å². The van der Waals surface area contributed by atoms with Crippen LogP contribution in [0.1, 0.15) is 19.8 Å². The van der Waals surface area contributed by atoms with E-state index in [2.05, 4.69) is 0 Å². The molecule has 23 heavy (non-hydrogen) atoms. The molecule has 1 aromatic carbocycles. The lowest BCUT2D eigenvalue weighted by molar-refractivity contribution is -0.387. The van der Waals surface area contributed by atoms with Gasteiger partial charge in [-0.3, -0.25) is 10.1 Å². The number of rotatable bonds is 5. The molecular weight excluding hydrogens is 322 g/mol. The van der Waals surface area contributed by atoms with Gasteiger partial charge in [-0.2, -0.15) is 4.31 Å². The van der Waals surface area contributed by atoms with Gasteiger partial charge in [0.2, 0.25) is 10.0 Å². The minimum atomic E-state index is -3.92. The normalized spacial score (nSPS) is 18.6. The fourth-order valence-corrected chi connectivity index (χ4v) is 4.37. The fourth-order valence-electron chi connectivity index (χ4n) is 2.77. The van der Waals surface area contributed by atoms with Crippen molar-refractivity contribution in [1.29, 1.82) is 0 Å². The van der Waals surface area contributed by atoms with Crippen molar-refractivity contribution in [2.24, 2.45) is 11.7 Å². The van der Waals surface area contributed by atoms with Gasteiger partial charge in [-0.1, -0.05) is 0 Å². The Balaban J connectivity index is 2.32. The number of methoxy groups -OCH3 is 1. The first kappa shape index (κ1) is 17.6. The average Bonchev–Trinajstić information content (AvgIpc) is 2.54. The lowest BCUT2D eigenvalue weighted by atomic mass is 9.92. The topological polar surface area (TPSA) is 116 Å². The van der Waals surface area contributed by atoms with Gasteiger partial charge in [-0.15, -0.1) is 0 Å². The zero-order chi connectivity index (χ0) is 17.2. The Hall–Kier alpha value is -1.71. The quantitative estimate of drug-likeness (QED) is 0.637. The van der Waals surface area contributed by atoms with Crippen molar-refractivity contribution in [2.45, 2.75) is 30.7 Å². The Morgan fingerprint density at radius 2 is 2.00 bits per heavy atom. The Kier molecular flexibility index (Phi) is 5.23. The van der Waals surface area contributed by atoms with E-state index in [1.165, 1.54) is 23.5 Å². The molecule has 0 aliphatic carbocycles. The van der Waals surface area contributed by atoms with Crippen molar-refractivity contribution in [1.82, 2.24) is 4.31 Å². The number of nitrogens with two attached hydrogens (primary N) is 1. The number of hydrogen-bond acceptors (Lipinski definition) is 6. The Morgan fingerprint density at radius 1 is 1.39 bits per heavy atom. The van der Waals surface area contributed by atoms with Crippen LogP contribution in [0, 0.1) is 16.0 Å². The minimum Gasteiger partial charge on any atom is -0.497 e. The molecule has 1 aliphatic rings. The summed E-state index contributed by atoms with van der Waals surface area (Å²) in [6.07, 6.45) is 1.31. The zero-order valence-electron chi connectivity index (χ0n) is 13.1. The van der Waals surface area contributed by atoms with E-state index in [1.54, 1.807) is 0 Å². The van der Waals surface area contributed by atoms with Crippen LogP contribution < -0.4 is 10.5 Å². The molecule has 128 valence electrons. The summed E-state index contributed by atoms with van der Waals surface area (Å²) in [6.45, 7) is 2.54. The molecule has 8 nitrogen and oxygen atoms in total. The maximum Gasteiger partial charge on any atom is 0.293 e. The fraction of sp³-hybridized carbons (Fsp3) is 0.571. The van der Waals surface area contributed by atoms with Gasteiger partial charge in [0.25, 0.3) is 5.69 Å². The predicted molar refractivity (Wildman–Crippen MR) is 84.8 cm³/mol. The number of ether oxygens (including phenoxy) is 1. The van der Waals surface area contributed by atoms with Gasteiger partial charge in [0.15, 0.2) is 4.90 Å². The first-order valence-electron chi connectivity index (χ1n) is 7.35. The molecule has 1 saturated heterocycles. The van der Waals surface area contributed by atoms with E-state index >= 15 is 0 Å². The largest absolute Gasteiger partial charge is 0.497 e. The van der Waals surface area contributed by atoms with E-state index in [9.17, 15) is 18.5 Å². The molecule has 0 radical (unpaired) electrons. The third-order valence-corrected chi connectivity index (χ3v) is 6.17. The Bertz CT molecular complexity index is 682. The Labute approximate surface area is 135 Å². The van der Waals surface area contributed by atoms with E-state index < -0.39 is 20.6 Å². The summed E-state index contributed by atoms with van der Waals surface area (Å²) in [4.78, 5) is 10.2. The summed E-state index contributed by atoms with van der Waals surface area (Å²) in [5, 5.41) is 11.2. The molecule has 0 saturated carbocycles. The molecule has 0 aromatic heterocycles. The maximum atomic E-state index is 12.7. The number of benzene rings is 1. The molecule has 0 bridgehead atoms. The summed E-state index contributed by atoms with van der Waals surface area (Å²) < 4.78 is 31.7. The van der Waals surface area contributed by atoms with Gasteiger partial charge in [-0.25, -0.2) is 8.42 Å². The summed E-state index contributed by atoms with van der Waals surface area (Å²) in [6, 6.07) is 3.77. The molecule has 1 aliphatic heterocycles. The van der Waals surface area contributed by atoms with E-state index in [0.717, 1.165) is 6.07 Å². The van der Waals surface area contributed by atoms with Crippen LogP contribution in [0.5, 0.6) is 5.75 Å². The van der Waals surface area contributed by atoms with Gasteiger partial charge in [-0.05, 0) is 37.8 Å². The molecule has 1 unspecified atom stereocenters. The van der Waals surface area contributed by atoms with Gasteiger partial charge < -0.3 is 10.5 Å². The van der Waals surface area contributed by atoms with Crippen LogP contribution in [0.4, 0.5) is 5.69 Å². The summed E-state index contributed by atoms with van der Waals surface area (Å²) in [5.41, 5.74) is 5.38. The number of piperidine rings is 1. The molecule has 2 rings (SSSR count). The highest BCUT2D eigenvalue weighted by Gasteiger charge is 2.35. The van der Waals surface area contributed by atoms with Gasteiger partial charge >= 0.3 is 0 Å².